The number of benzene rings is 3. The van der Waals surface area contributed by atoms with E-state index in [2.05, 4.69) is 39.3 Å². The second-order valence-electron chi connectivity index (χ2n) is 13.9. The first-order valence-corrected chi connectivity index (χ1v) is 22.8. The van der Waals surface area contributed by atoms with Gasteiger partial charge in [-0.2, -0.15) is 5.10 Å². The molecule has 0 amide bonds. The fourth-order valence-corrected chi connectivity index (χ4v) is 6.65. The minimum absolute atomic E-state index is 0.0717. The average Bonchev–Trinajstić information content (AvgIpc) is 3.49. The number of phenols is 1. The van der Waals surface area contributed by atoms with Crippen LogP contribution in [-0.4, -0.2) is 63.9 Å². The zero-order valence-corrected chi connectivity index (χ0v) is 29.4. The molecule has 5 rings (SSSR count). The van der Waals surface area contributed by atoms with Gasteiger partial charge in [0.25, 0.3) is 0 Å². The van der Waals surface area contributed by atoms with Gasteiger partial charge in [0.15, 0.2) is 24.1 Å². The molecule has 0 atom stereocenters. The third-order valence-corrected chi connectivity index (χ3v) is 11.3. The minimum atomic E-state index is -1.27. The van der Waals surface area contributed by atoms with Crippen LogP contribution in [0.5, 0.6) is 17.2 Å². The lowest BCUT2D eigenvalue weighted by Crippen LogP contribution is -2.22. The SMILES string of the molecule is COc1cc2c(cc1O)C(=O)c1c(-c3ccc(-c4ccc(OCOCC[Si](C)(C)C)cc4)cc3)nn(COCC[Si](C)(C)C)c1-2. The molecule has 0 spiro atoms. The summed E-state index contributed by atoms with van der Waals surface area (Å²) in [5.41, 5.74) is 5.79. The second-order valence-corrected chi connectivity index (χ2v) is 25.1. The van der Waals surface area contributed by atoms with E-state index in [-0.39, 0.29) is 25.1 Å². The summed E-state index contributed by atoms with van der Waals surface area (Å²) in [5.74, 6) is 0.818. The zero-order chi connectivity index (χ0) is 32.4. The number of aromatic hydroxyl groups is 1. The summed E-state index contributed by atoms with van der Waals surface area (Å²) in [7, 11) is -0.892. The second kappa shape index (κ2) is 13.3. The standard InChI is InChI=1S/C35H44N2O6Si2/c1-40-31-21-28-29(20-30(31)38)35(39)32-33(36-37(34(28)32)22-41-16-18-44(2,3)4)26-10-8-24(9-11-26)25-12-14-27(15-13-25)43-23-42-17-19-45(5,6)7/h8-15,20-21,38H,16-19,22-23H2,1-7H3. The first-order chi connectivity index (χ1) is 21.3. The van der Waals surface area contributed by atoms with Crippen molar-refractivity contribution < 1.29 is 28.8 Å². The van der Waals surface area contributed by atoms with Gasteiger partial charge < -0.3 is 24.1 Å². The molecule has 3 aromatic carbocycles. The summed E-state index contributed by atoms with van der Waals surface area (Å²) in [5, 5.41) is 15.3. The number of carbonyl (C=O) groups excluding carboxylic acids is 1. The lowest BCUT2D eigenvalue weighted by Gasteiger charge is -2.16. The molecule has 1 aromatic heterocycles. The van der Waals surface area contributed by atoms with E-state index >= 15 is 0 Å². The summed E-state index contributed by atoms with van der Waals surface area (Å²) in [6.45, 7) is 15.7. The number of hydrogen-bond donors (Lipinski definition) is 1. The highest BCUT2D eigenvalue weighted by Gasteiger charge is 2.36. The highest BCUT2D eigenvalue weighted by Crippen LogP contribution is 2.45. The lowest BCUT2D eigenvalue weighted by molar-refractivity contribution is 0.0220. The van der Waals surface area contributed by atoms with Gasteiger partial charge in [-0.1, -0.05) is 75.7 Å². The number of carbonyl (C=O) groups is 1. The molecule has 8 nitrogen and oxygen atoms in total. The van der Waals surface area contributed by atoms with Crippen LogP contribution in [0.15, 0.2) is 60.7 Å². The topological polar surface area (TPSA) is 92.0 Å². The Morgan fingerprint density at radius 2 is 1.36 bits per heavy atom. The fraction of sp³-hybridized carbons (Fsp3) is 0.371. The molecule has 0 radical (unpaired) electrons. The van der Waals surface area contributed by atoms with Gasteiger partial charge in [-0.15, -0.1) is 0 Å². The first-order valence-electron chi connectivity index (χ1n) is 15.4. The van der Waals surface area contributed by atoms with Crippen molar-refractivity contribution in [3.8, 4) is 50.9 Å². The Hall–Kier alpha value is -3.71. The van der Waals surface area contributed by atoms with Crippen LogP contribution in [0.2, 0.25) is 51.4 Å². The maximum Gasteiger partial charge on any atom is 0.198 e. The van der Waals surface area contributed by atoms with E-state index in [1.165, 1.54) is 13.2 Å². The number of hydrogen-bond acceptors (Lipinski definition) is 7. The molecular formula is C35H44N2O6Si2. The van der Waals surface area contributed by atoms with Crippen molar-refractivity contribution in [3.63, 3.8) is 0 Å². The maximum absolute atomic E-state index is 13.7. The fourth-order valence-electron chi connectivity index (χ4n) is 5.14. The highest BCUT2D eigenvalue weighted by molar-refractivity contribution is 6.76. The predicted octanol–water partition coefficient (Wildman–Crippen LogP) is 8.15. The Kier molecular flexibility index (Phi) is 9.69. The van der Waals surface area contributed by atoms with E-state index in [0.717, 1.165) is 41.1 Å². The van der Waals surface area contributed by atoms with Crippen molar-refractivity contribution in [2.75, 3.05) is 27.1 Å². The van der Waals surface area contributed by atoms with E-state index < -0.39 is 16.1 Å². The van der Waals surface area contributed by atoms with Gasteiger partial charge in [0.05, 0.1) is 18.4 Å². The number of methoxy groups -OCH3 is 1. The summed E-state index contributed by atoms with van der Waals surface area (Å²) < 4.78 is 24.6. The van der Waals surface area contributed by atoms with Crippen LogP contribution in [-0.2, 0) is 16.2 Å². The van der Waals surface area contributed by atoms with Gasteiger partial charge in [-0.05, 0) is 47.5 Å². The molecule has 1 aliphatic rings. The Balaban J connectivity index is 1.36. The largest absolute Gasteiger partial charge is 0.504 e. The Bertz CT molecular complexity index is 1650. The van der Waals surface area contributed by atoms with Gasteiger partial charge in [-0.25, -0.2) is 4.68 Å². The molecule has 4 aromatic rings. The molecule has 0 saturated heterocycles. The number of ether oxygens (including phenoxy) is 4. The summed E-state index contributed by atoms with van der Waals surface area (Å²) in [6, 6.07) is 21.3. The minimum Gasteiger partial charge on any atom is -0.504 e. The molecule has 0 aliphatic heterocycles. The molecule has 0 unspecified atom stereocenters. The van der Waals surface area contributed by atoms with Crippen molar-refractivity contribution in [2.45, 2.75) is 58.1 Å². The van der Waals surface area contributed by atoms with Crippen LogP contribution in [0.25, 0.3) is 33.6 Å². The van der Waals surface area contributed by atoms with Crippen molar-refractivity contribution >= 4 is 21.9 Å². The van der Waals surface area contributed by atoms with E-state index in [0.29, 0.717) is 40.4 Å². The van der Waals surface area contributed by atoms with Gasteiger partial charge in [0.2, 0.25) is 0 Å². The lowest BCUT2D eigenvalue weighted by atomic mass is 10.00. The number of fused-ring (bicyclic) bond motifs is 3. The Morgan fingerprint density at radius 1 is 0.778 bits per heavy atom. The third kappa shape index (κ3) is 7.75. The van der Waals surface area contributed by atoms with Gasteiger partial charge in [0.1, 0.15) is 18.2 Å². The number of rotatable bonds is 14. The van der Waals surface area contributed by atoms with Crippen LogP contribution in [0.3, 0.4) is 0 Å². The third-order valence-electron chi connectivity index (χ3n) is 7.86. The summed E-state index contributed by atoms with van der Waals surface area (Å²) >= 11 is 0. The summed E-state index contributed by atoms with van der Waals surface area (Å²) in [4.78, 5) is 13.7. The molecule has 1 aliphatic carbocycles. The van der Waals surface area contributed by atoms with Gasteiger partial charge >= 0.3 is 0 Å². The van der Waals surface area contributed by atoms with Gasteiger partial charge in [0, 0.05) is 46.1 Å². The van der Waals surface area contributed by atoms with Crippen molar-refractivity contribution in [1.29, 1.82) is 0 Å². The molecule has 1 heterocycles. The molecular weight excluding hydrogens is 601 g/mol. The number of aromatic nitrogens is 2. The number of ketones is 1. The molecule has 0 fully saturated rings. The zero-order valence-electron chi connectivity index (χ0n) is 27.4. The van der Waals surface area contributed by atoms with E-state index in [9.17, 15) is 9.90 Å². The highest BCUT2D eigenvalue weighted by atomic mass is 28.3. The first kappa shape index (κ1) is 32.7. The monoisotopic (exact) mass is 644 g/mol. The van der Waals surface area contributed by atoms with Crippen LogP contribution in [0.4, 0.5) is 0 Å². The van der Waals surface area contributed by atoms with E-state index in [1.54, 1.807) is 10.7 Å². The van der Waals surface area contributed by atoms with E-state index in [1.807, 2.05) is 48.5 Å². The molecule has 1 N–H and O–H groups in total. The van der Waals surface area contributed by atoms with Crippen molar-refractivity contribution in [1.82, 2.24) is 9.78 Å². The Morgan fingerprint density at radius 3 is 1.96 bits per heavy atom. The predicted molar refractivity (Wildman–Crippen MR) is 184 cm³/mol. The maximum atomic E-state index is 13.7. The average molecular weight is 645 g/mol. The van der Waals surface area contributed by atoms with Crippen LogP contribution in [0.1, 0.15) is 15.9 Å². The molecule has 10 heteroatoms. The summed E-state index contributed by atoms with van der Waals surface area (Å²) in [6.07, 6.45) is 0. The molecule has 238 valence electrons. The van der Waals surface area contributed by atoms with Gasteiger partial charge in [-0.3, -0.25) is 4.79 Å². The van der Waals surface area contributed by atoms with Crippen molar-refractivity contribution in [2.24, 2.45) is 0 Å². The number of nitrogens with zero attached hydrogens (tertiary/aromatic N) is 2. The van der Waals surface area contributed by atoms with Crippen molar-refractivity contribution in [3.05, 3.63) is 71.8 Å². The smallest absolute Gasteiger partial charge is 0.198 e. The molecule has 45 heavy (non-hydrogen) atoms. The normalized spacial score (nSPS) is 12.7. The Labute approximate surface area is 267 Å². The van der Waals surface area contributed by atoms with Crippen LogP contribution in [0, 0.1) is 0 Å². The van der Waals surface area contributed by atoms with E-state index in [4.69, 9.17) is 24.0 Å². The quantitative estimate of drug-likeness (QED) is 0.0741. The molecule has 0 bridgehead atoms. The molecule has 0 saturated carbocycles. The number of phenolic OH excluding ortho intramolecular Hbond substituents is 1. The van der Waals surface area contributed by atoms with Crippen LogP contribution >= 0.6 is 0 Å². The van der Waals surface area contributed by atoms with Crippen LogP contribution < -0.4 is 9.47 Å².